The van der Waals surface area contributed by atoms with E-state index in [2.05, 4.69) is 15.2 Å². The van der Waals surface area contributed by atoms with E-state index < -0.39 is 11.6 Å². The van der Waals surface area contributed by atoms with Crippen LogP contribution in [0.3, 0.4) is 0 Å². The Morgan fingerprint density at radius 3 is 2.91 bits per heavy atom. The summed E-state index contributed by atoms with van der Waals surface area (Å²) < 4.78 is 36.5. The van der Waals surface area contributed by atoms with E-state index in [0.717, 1.165) is 44.2 Å². The maximum absolute atomic E-state index is 13.1. The smallest absolute Gasteiger partial charge is 0.193 e. The lowest BCUT2D eigenvalue weighted by molar-refractivity contribution is 0.157. The lowest BCUT2D eigenvalue weighted by Gasteiger charge is -2.21. The third kappa shape index (κ3) is 5.06. The first-order valence-electron chi connectivity index (χ1n) is 7.66. The fourth-order valence-electron chi connectivity index (χ4n) is 2.63. The van der Waals surface area contributed by atoms with E-state index in [-0.39, 0.29) is 0 Å². The van der Waals surface area contributed by atoms with Gasteiger partial charge in [-0.2, -0.15) is 0 Å². The molecule has 0 radical (unpaired) electrons. The second-order valence-electron chi connectivity index (χ2n) is 5.45. The van der Waals surface area contributed by atoms with Crippen molar-refractivity contribution in [1.29, 1.82) is 0 Å². The highest BCUT2D eigenvalue weighted by Gasteiger charge is 2.24. The van der Waals surface area contributed by atoms with Crippen LogP contribution in [0.15, 0.2) is 23.2 Å². The number of likely N-dealkylation sites (tertiary alicyclic amines) is 1. The van der Waals surface area contributed by atoms with Gasteiger partial charge in [0, 0.05) is 39.2 Å². The number of aliphatic imine (C=N–C) groups is 1. The molecule has 1 aromatic rings. The number of rotatable bonds is 6. The normalized spacial score (nSPS) is 18.3. The maximum Gasteiger partial charge on any atom is 0.193 e. The van der Waals surface area contributed by atoms with Gasteiger partial charge in [0.25, 0.3) is 0 Å². The van der Waals surface area contributed by atoms with E-state index in [1.807, 2.05) is 0 Å². The SMILES string of the molecule is CN=C(NCCOc1ccc(F)c(F)c1)N1CCC(COC)C1. The molecule has 5 nitrogen and oxygen atoms in total. The molecule has 1 unspecified atom stereocenters. The van der Waals surface area contributed by atoms with Gasteiger partial charge in [-0.05, 0) is 18.6 Å². The lowest BCUT2D eigenvalue weighted by atomic mass is 10.1. The third-order valence-corrected chi connectivity index (χ3v) is 3.74. The van der Waals surface area contributed by atoms with Crippen molar-refractivity contribution >= 4 is 5.96 Å². The van der Waals surface area contributed by atoms with Crippen molar-refractivity contribution in [3.05, 3.63) is 29.8 Å². The number of ether oxygens (including phenoxy) is 2. The second kappa shape index (κ2) is 8.67. The molecule has 2 rings (SSSR count). The van der Waals surface area contributed by atoms with Gasteiger partial charge < -0.3 is 19.7 Å². The van der Waals surface area contributed by atoms with Crippen molar-refractivity contribution in [2.24, 2.45) is 10.9 Å². The molecule has 1 aromatic carbocycles. The molecular formula is C16H23F2N3O2. The van der Waals surface area contributed by atoms with Crippen molar-refractivity contribution in [3.63, 3.8) is 0 Å². The number of hydrogen-bond donors (Lipinski definition) is 1. The zero-order chi connectivity index (χ0) is 16.7. The molecule has 23 heavy (non-hydrogen) atoms. The number of methoxy groups -OCH3 is 1. The fourth-order valence-corrected chi connectivity index (χ4v) is 2.63. The van der Waals surface area contributed by atoms with Crippen LogP contribution in [0.4, 0.5) is 8.78 Å². The van der Waals surface area contributed by atoms with Gasteiger partial charge in [0.05, 0.1) is 13.2 Å². The van der Waals surface area contributed by atoms with Crippen molar-refractivity contribution < 1.29 is 18.3 Å². The van der Waals surface area contributed by atoms with Crippen LogP contribution >= 0.6 is 0 Å². The van der Waals surface area contributed by atoms with Crippen molar-refractivity contribution in [3.8, 4) is 5.75 Å². The Balaban J connectivity index is 1.73. The molecule has 0 bridgehead atoms. The van der Waals surface area contributed by atoms with E-state index in [1.54, 1.807) is 14.2 Å². The molecule has 0 aliphatic carbocycles. The third-order valence-electron chi connectivity index (χ3n) is 3.74. The number of nitrogens with one attached hydrogen (secondary N) is 1. The molecule has 128 valence electrons. The van der Waals surface area contributed by atoms with Gasteiger partial charge in [0.2, 0.25) is 0 Å². The fraction of sp³-hybridized carbons (Fsp3) is 0.562. The quantitative estimate of drug-likeness (QED) is 0.492. The maximum atomic E-state index is 13.1. The van der Waals surface area contributed by atoms with Gasteiger partial charge in [0.1, 0.15) is 12.4 Å². The predicted octanol–water partition coefficient (Wildman–Crippen LogP) is 1.89. The molecule has 1 heterocycles. The van der Waals surface area contributed by atoms with Crippen LogP contribution < -0.4 is 10.1 Å². The summed E-state index contributed by atoms with van der Waals surface area (Å²) in [5, 5.41) is 3.21. The molecule has 1 aliphatic heterocycles. The topological polar surface area (TPSA) is 46.1 Å². The van der Waals surface area contributed by atoms with Gasteiger partial charge in [-0.25, -0.2) is 8.78 Å². The highest BCUT2D eigenvalue weighted by atomic mass is 19.2. The Hall–Kier alpha value is -1.89. The molecule has 0 amide bonds. The van der Waals surface area contributed by atoms with E-state index in [9.17, 15) is 8.78 Å². The Labute approximate surface area is 135 Å². The van der Waals surface area contributed by atoms with Crippen LogP contribution in [0.25, 0.3) is 0 Å². The number of hydrogen-bond acceptors (Lipinski definition) is 3. The van der Waals surface area contributed by atoms with Crippen LogP contribution in [0.5, 0.6) is 5.75 Å². The van der Waals surface area contributed by atoms with Gasteiger partial charge in [-0.15, -0.1) is 0 Å². The molecule has 0 spiro atoms. The van der Waals surface area contributed by atoms with Crippen LogP contribution in [0.2, 0.25) is 0 Å². The largest absolute Gasteiger partial charge is 0.492 e. The number of halogens is 2. The van der Waals surface area contributed by atoms with E-state index in [1.165, 1.54) is 6.07 Å². The van der Waals surface area contributed by atoms with Crippen molar-refractivity contribution in [2.75, 3.05) is 47.0 Å². The Kier molecular flexibility index (Phi) is 6.58. The molecule has 0 saturated carbocycles. The summed E-state index contributed by atoms with van der Waals surface area (Å²) in [6, 6.07) is 3.50. The zero-order valence-electron chi connectivity index (χ0n) is 13.5. The summed E-state index contributed by atoms with van der Waals surface area (Å²) in [5.74, 6) is -0.139. The summed E-state index contributed by atoms with van der Waals surface area (Å²) in [5.41, 5.74) is 0. The van der Waals surface area contributed by atoms with Crippen LogP contribution in [0, 0.1) is 17.6 Å². The van der Waals surface area contributed by atoms with E-state index in [0.29, 0.717) is 24.8 Å². The van der Waals surface area contributed by atoms with Gasteiger partial charge in [-0.3, -0.25) is 4.99 Å². The highest BCUT2D eigenvalue weighted by molar-refractivity contribution is 5.80. The molecule has 1 N–H and O–H groups in total. The summed E-state index contributed by atoms with van der Waals surface area (Å²) in [6.45, 7) is 3.47. The Bertz CT molecular complexity index is 540. The van der Waals surface area contributed by atoms with Crippen molar-refractivity contribution in [1.82, 2.24) is 10.2 Å². The van der Waals surface area contributed by atoms with Crippen molar-refractivity contribution in [2.45, 2.75) is 6.42 Å². The second-order valence-corrected chi connectivity index (χ2v) is 5.45. The van der Waals surface area contributed by atoms with Gasteiger partial charge in [0.15, 0.2) is 17.6 Å². The first-order valence-corrected chi connectivity index (χ1v) is 7.66. The average Bonchev–Trinajstić information content (AvgIpc) is 2.99. The minimum atomic E-state index is -0.910. The zero-order valence-corrected chi connectivity index (χ0v) is 13.5. The molecular weight excluding hydrogens is 304 g/mol. The first-order chi connectivity index (χ1) is 11.1. The molecule has 1 fully saturated rings. The Morgan fingerprint density at radius 2 is 2.22 bits per heavy atom. The molecule has 7 heteroatoms. The minimum absolute atomic E-state index is 0.307. The highest BCUT2D eigenvalue weighted by Crippen LogP contribution is 2.16. The van der Waals surface area contributed by atoms with Crippen LogP contribution in [0.1, 0.15) is 6.42 Å². The number of benzene rings is 1. The van der Waals surface area contributed by atoms with Gasteiger partial charge in [-0.1, -0.05) is 0 Å². The summed E-state index contributed by atoms with van der Waals surface area (Å²) in [6.07, 6.45) is 1.08. The molecule has 0 aromatic heterocycles. The summed E-state index contributed by atoms with van der Waals surface area (Å²) in [4.78, 5) is 6.44. The molecule has 1 aliphatic rings. The standard InChI is InChI=1S/C16H23F2N3O2/c1-19-16(21-7-5-12(10-21)11-22-2)20-6-8-23-13-3-4-14(17)15(18)9-13/h3-4,9,12H,5-8,10-11H2,1-2H3,(H,19,20). The minimum Gasteiger partial charge on any atom is -0.492 e. The summed E-state index contributed by atoms with van der Waals surface area (Å²) in [7, 11) is 3.45. The average molecular weight is 327 g/mol. The van der Waals surface area contributed by atoms with Crippen LogP contribution in [-0.2, 0) is 4.74 Å². The predicted molar refractivity (Wildman–Crippen MR) is 84.8 cm³/mol. The Morgan fingerprint density at radius 1 is 1.39 bits per heavy atom. The lowest BCUT2D eigenvalue weighted by Crippen LogP contribution is -2.41. The summed E-state index contributed by atoms with van der Waals surface area (Å²) >= 11 is 0. The monoisotopic (exact) mass is 327 g/mol. The van der Waals surface area contributed by atoms with E-state index in [4.69, 9.17) is 9.47 Å². The molecule has 1 atom stereocenters. The van der Waals surface area contributed by atoms with E-state index >= 15 is 0 Å². The van der Waals surface area contributed by atoms with Gasteiger partial charge >= 0.3 is 0 Å². The molecule has 1 saturated heterocycles. The van der Waals surface area contributed by atoms with Crippen LogP contribution in [-0.4, -0.2) is 57.9 Å². The number of guanidine groups is 1. The number of nitrogens with zero attached hydrogens (tertiary/aromatic N) is 2. The first kappa shape index (κ1) is 17.5.